The van der Waals surface area contributed by atoms with Crippen LogP contribution in [0.2, 0.25) is 0 Å². The molecule has 5 nitrogen and oxygen atoms in total. The highest BCUT2D eigenvalue weighted by Crippen LogP contribution is 2.19. The molecule has 1 aromatic rings. The van der Waals surface area contributed by atoms with Crippen LogP contribution in [0.25, 0.3) is 0 Å². The maximum atomic E-state index is 12.0. The van der Waals surface area contributed by atoms with Gasteiger partial charge in [-0.2, -0.15) is 8.42 Å². The van der Waals surface area contributed by atoms with E-state index in [0.29, 0.717) is 6.54 Å². The van der Waals surface area contributed by atoms with Crippen LogP contribution >= 0.6 is 0 Å². The molecule has 0 unspecified atom stereocenters. The van der Waals surface area contributed by atoms with Gasteiger partial charge in [-0.1, -0.05) is 32.9 Å². The zero-order valence-corrected chi connectivity index (χ0v) is 12.1. The van der Waals surface area contributed by atoms with Crippen molar-refractivity contribution in [1.82, 2.24) is 5.32 Å². The number of carbonyl (C=O) groups is 1. The number of carbonyl (C=O) groups excluding carboxylic acids is 1. The predicted octanol–water partition coefficient (Wildman–Crippen LogP) is 2.10. The van der Waals surface area contributed by atoms with Crippen LogP contribution in [-0.2, 0) is 10.1 Å². The fourth-order valence-electron chi connectivity index (χ4n) is 1.42. The van der Waals surface area contributed by atoms with Crippen LogP contribution in [0.3, 0.4) is 0 Å². The van der Waals surface area contributed by atoms with Crippen LogP contribution in [0.1, 0.15) is 37.6 Å². The summed E-state index contributed by atoms with van der Waals surface area (Å²) in [7, 11) is -4.40. The average Bonchev–Trinajstić information content (AvgIpc) is 2.35. The summed E-state index contributed by atoms with van der Waals surface area (Å²) >= 11 is 0. The minimum absolute atomic E-state index is 0.0445. The van der Waals surface area contributed by atoms with Crippen LogP contribution in [0.5, 0.6) is 0 Å². The minimum atomic E-state index is -4.40. The Morgan fingerprint density at radius 1 is 1.32 bits per heavy atom. The molecule has 0 aliphatic rings. The van der Waals surface area contributed by atoms with E-state index in [1.807, 2.05) is 20.8 Å². The Balaban J connectivity index is 2.96. The highest BCUT2D eigenvalue weighted by Gasteiger charge is 2.22. The van der Waals surface area contributed by atoms with Gasteiger partial charge in [0.25, 0.3) is 16.0 Å². The van der Waals surface area contributed by atoms with Gasteiger partial charge in [0.05, 0.1) is 5.56 Å². The summed E-state index contributed by atoms with van der Waals surface area (Å²) < 4.78 is 31.5. The van der Waals surface area contributed by atoms with Gasteiger partial charge < -0.3 is 5.32 Å². The number of benzene rings is 1. The highest BCUT2D eigenvalue weighted by atomic mass is 32.2. The topological polar surface area (TPSA) is 83.5 Å². The second kappa shape index (κ2) is 5.71. The van der Waals surface area contributed by atoms with E-state index in [1.54, 1.807) is 6.07 Å². The molecule has 0 aliphatic heterocycles. The van der Waals surface area contributed by atoms with Crippen molar-refractivity contribution in [2.45, 2.75) is 32.1 Å². The van der Waals surface area contributed by atoms with E-state index >= 15 is 0 Å². The van der Waals surface area contributed by atoms with Crippen molar-refractivity contribution in [2.24, 2.45) is 5.41 Å². The van der Waals surface area contributed by atoms with Crippen LogP contribution < -0.4 is 5.32 Å². The number of amides is 1. The van der Waals surface area contributed by atoms with Gasteiger partial charge in [-0.05, 0) is 24.0 Å². The minimum Gasteiger partial charge on any atom is -0.351 e. The molecule has 0 aliphatic carbocycles. The van der Waals surface area contributed by atoms with E-state index in [-0.39, 0.29) is 15.9 Å². The highest BCUT2D eigenvalue weighted by molar-refractivity contribution is 7.86. The molecule has 0 fully saturated rings. The molecule has 0 spiro atoms. The van der Waals surface area contributed by atoms with Crippen molar-refractivity contribution in [2.75, 3.05) is 6.54 Å². The Hall–Kier alpha value is -1.40. The van der Waals surface area contributed by atoms with E-state index in [4.69, 9.17) is 4.55 Å². The molecule has 0 radical (unpaired) electrons. The Morgan fingerprint density at radius 3 is 2.42 bits per heavy atom. The fourth-order valence-corrected chi connectivity index (χ4v) is 2.11. The Morgan fingerprint density at radius 2 is 1.89 bits per heavy atom. The number of hydrogen-bond donors (Lipinski definition) is 2. The standard InChI is InChI=1S/C13H19NO4S/c1-4-13(2,3)9-14-12(15)10-7-5-6-8-11(10)19(16,17)18/h5-8H,4,9H2,1-3H3,(H,14,15)(H,16,17,18). The van der Waals surface area contributed by atoms with E-state index in [9.17, 15) is 13.2 Å². The van der Waals surface area contributed by atoms with Crippen LogP contribution in [0.4, 0.5) is 0 Å². The number of hydrogen-bond acceptors (Lipinski definition) is 3. The molecule has 106 valence electrons. The summed E-state index contributed by atoms with van der Waals surface area (Å²) in [6.45, 7) is 6.45. The first kappa shape index (κ1) is 15.7. The third-order valence-corrected chi connectivity index (χ3v) is 4.01. The summed E-state index contributed by atoms with van der Waals surface area (Å²) in [5.74, 6) is -0.505. The van der Waals surface area contributed by atoms with E-state index in [0.717, 1.165) is 6.42 Å². The van der Waals surface area contributed by atoms with Crippen molar-refractivity contribution < 1.29 is 17.8 Å². The Kier molecular flexibility index (Phi) is 4.70. The van der Waals surface area contributed by atoms with Crippen LogP contribution in [0, 0.1) is 5.41 Å². The van der Waals surface area contributed by atoms with Crippen molar-refractivity contribution >= 4 is 16.0 Å². The van der Waals surface area contributed by atoms with Gasteiger partial charge in [-0.3, -0.25) is 9.35 Å². The largest absolute Gasteiger partial charge is 0.351 e. The molecule has 19 heavy (non-hydrogen) atoms. The fraction of sp³-hybridized carbons (Fsp3) is 0.462. The normalized spacial score (nSPS) is 12.2. The summed E-state index contributed by atoms with van der Waals surface area (Å²) in [4.78, 5) is 11.6. The van der Waals surface area contributed by atoms with Crippen molar-refractivity contribution in [3.05, 3.63) is 29.8 Å². The van der Waals surface area contributed by atoms with Gasteiger partial charge in [0, 0.05) is 6.54 Å². The molecule has 0 atom stereocenters. The smallest absolute Gasteiger partial charge is 0.295 e. The van der Waals surface area contributed by atoms with E-state index in [2.05, 4.69) is 5.32 Å². The summed E-state index contributed by atoms with van der Waals surface area (Å²) in [6, 6.07) is 5.58. The van der Waals surface area contributed by atoms with Gasteiger partial charge >= 0.3 is 0 Å². The zero-order chi connectivity index (χ0) is 14.7. The first-order chi connectivity index (χ1) is 8.67. The molecule has 6 heteroatoms. The lowest BCUT2D eigenvalue weighted by molar-refractivity contribution is 0.0932. The maximum Gasteiger partial charge on any atom is 0.295 e. The second-order valence-corrected chi connectivity index (χ2v) is 6.56. The van der Waals surface area contributed by atoms with Crippen molar-refractivity contribution in [1.29, 1.82) is 0 Å². The summed E-state index contributed by atoms with van der Waals surface area (Å²) in [5, 5.41) is 2.69. The van der Waals surface area contributed by atoms with Crippen LogP contribution in [0.15, 0.2) is 29.2 Å². The quantitative estimate of drug-likeness (QED) is 0.811. The summed E-state index contributed by atoms with van der Waals surface area (Å²) in [5.41, 5.74) is -0.111. The molecule has 1 amide bonds. The lowest BCUT2D eigenvalue weighted by Gasteiger charge is -2.23. The van der Waals surface area contributed by atoms with E-state index < -0.39 is 16.0 Å². The Labute approximate surface area is 113 Å². The number of rotatable bonds is 5. The van der Waals surface area contributed by atoms with Gasteiger partial charge in [0.1, 0.15) is 4.90 Å². The molecule has 0 saturated heterocycles. The molecular weight excluding hydrogens is 266 g/mol. The second-order valence-electron chi connectivity index (χ2n) is 5.17. The zero-order valence-electron chi connectivity index (χ0n) is 11.3. The van der Waals surface area contributed by atoms with Crippen molar-refractivity contribution in [3.8, 4) is 0 Å². The van der Waals surface area contributed by atoms with Gasteiger partial charge in [-0.25, -0.2) is 0 Å². The monoisotopic (exact) mass is 285 g/mol. The predicted molar refractivity (Wildman–Crippen MR) is 72.7 cm³/mol. The lowest BCUT2D eigenvalue weighted by Crippen LogP contribution is -2.34. The molecule has 0 heterocycles. The first-order valence-corrected chi connectivity index (χ1v) is 7.46. The van der Waals surface area contributed by atoms with E-state index in [1.165, 1.54) is 18.2 Å². The first-order valence-electron chi connectivity index (χ1n) is 6.02. The molecule has 0 aromatic heterocycles. The van der Waals surface area contributed by atoms with Crippen LogP contribution in [-0.4, -0.2) is 25.4 Å². The maximum absolute atomic E-state index is 12.0. The van der Waals surface area contributed by atoms with Gasteiger partial charge in [0.15, 0.2) is 0 Å². The average molecular weight is 285 g/mol. The molecule has 2 N–H and O–H groups in total. The molecule has 0 bridgehead atoms. The third-order valence-electron chi connectivity index (χ3n) is 3.09. The lowest BCUT2D eigenvalue weighted by atomic mass is 9.90. The molecular formula is C13H19NO4S. The van der Waals surface area contributed by atoms with Gasteiger partial charge in [-0.15, -0.1) is 0 Å². The molecule has 1 rings (SSSR count). The third kappa shape index (κ3) is 4.33. The number of nitrogens with one attached hydrogen (secondary N) is 1. The van der Waals surface area contributed by atoms with Crippen molar-refractivity contribution in [3.63, 3.8) is 0 Å². The SMILES string of the molecule is CCC(C)(C)CNC(=O)c1ccccc1S(=O)(=O)O. The molecule has 0 saturated carbocycles. The molecule has 1 aromatic carbocycles. The van der Waals surface area contributed by atoms with Gasteiger partial charge in [0.2, 0.25) is 0 Å². The summed E-state index contributed by atoms with van der Waals surface area (Å²) in [6.07, 6.45) is 0.882. The Bertz CT molecular complexity index is 564.